The molecule has 11 heavy (non-hydrogen) atoms. The molecule has 0 aromatic carbocycles. The molecule has 0 bridgehead atoms. The van der Waals surface area contributed by atoms with Crippen LogP contribution in [0.15, 0.2) is 0 Å². The largest absolute Gasteiger partial charge is 0.272 e. The minimum absolute atomic E-state index is 0.231. The van der Waals surface area contributed by atoms with E-state index in [9.17, 15) is 9.59 Å². The number of piperidine rings is 1. The number of carbonyl (C=O) groups is 2. The third kappa shape index (κ3) is 0.445. The first-order valence-electron chi connectivity index (χ1n) is 3.57. The average Bonchev–Trinajstić information content (AvgIpc) is 2.49. The summed E-state index contributed by atoms with van der Waals surface area (Å²) in [7, 11) is 0. The van der Waals surface area contributed by atoms with Crippen molar-refractivity contribution in [3.05, 3.63) is 0 Å². The first-order valence-corrected chi connectivity index (χ1v) is 3.57. The summed E-state index contributed by atoms with van der Waals surface area (Å²) in [6.45, 7) is 3.58. The standard InChI is InChI=1S/C7H10N2O2/c1-6-3-7(6,2)5(11)9(8)4(6)10/h3,8H2,1-2H3. The smallest absolute Gasteiger partial charge is 0.250 e. The first kappa shape index (κ1) is 6.79. The van der Waals surface area contributed by atoms with Gasteiger partial charge in [0.05, 0.1) is 10.8 Å². The molecule has 2 aliphatic rings. The van der Waals surface area contributed by atoms with E-state index in [1.807, 2.05) is 0 Å². The predicted octanol–water partition coefficient (Wildman–Crippen LogP) is -0.355. The second-order valence-corrected chi connectivity index (χ2v) is 3.82. The Labute approximate surface area is 64.3 Å². The van der Waals surface area contributed by atoms with E-state index >= 15 is 0 Å². The van der Waals surface area contributed by atoms with Crippen molar-refractivity contribution >= 4 is 11.8 Å². The summed E-state index contributed by atoms with van der Waals surface area (Å²) in [5.74, 6) is 4.78. The van der Waals surface area contributed by atoms with Crippen molar-refractivity contribution in [2.75, 3.05) is 0 Å². The molecule has 4 heteroatoms. The van der Waals surface area contributed by atoms with Crippen LogP contribution in [-0.2, 0) is 9.59 Å². The van der Waals surface area contributed by atoms with Crippen LogP contribution in [0, 0.1) is 10.8 Å². The molecule has 0 spiro atoms. The first-order chi connectivity index (χ1) is 4.93. The molecule has 2 atom stereocenters. The molecular formula is C7H10N2O2. The Hall–Kier alpha value is -0.900. The van der Waals surface area contributed by atoms with Crippen molar-refractivity contribution in [2.24, 2.45) is 16.7 Å². The van der Waals surface area contributed by atoms with Gasteiger partial charge in [-0.1, -0.05) is 0 Å². The summed E-state index contributed by atoms with van der Waals surface area (Å²) in [5.41, 5.74) is -0.975. The van der Waals surface area contributed by atoms with Crippen molar-refractivity contribution in [1.29, 1.82) is 0 Å². The van der Waals surface area contributed by atoms with Gasteiger partial charge in [-0.3, -0.25) is 9.59 Å². The van der Waals surface area contributed by atoms with E-state index in [-0.39, 0.29) is 11.8 Å². The van der Waals surface area contributed by atoms with E-state index in [1.54, 1.807) is 13.8 Å². The van der Waals surface area contributed by atoms with Crippen LogP contribution in [-0.4, -0.2) is 16.8 Å². The topological polar surface area (TPSA) is 63.4 Å². The highest BCUT2D eigenvalue weighted by Crippen LogP contribution is 2.68. The Kier molecular flexibility index (Phi) is 0.828. The van der Waals surface area contributed by atoms with Gasteiger partial charge >= 0.3 is 0 Å². The van der Waals surface area contributed by atoms with Crippen molar-refractivity contribution in [3.63, 3.8) is 0 Å². The second kappa shape index (κ2) is 1.34. The summed E-state index contributed by atoms with van der Waals surface area (Å²) >= 11 is 0. The quantitative estimate of drug-likeness (QED) is 0.294. The molecule has 1 saturated heterocycles. The van der Waals surface area contributed by atoms with Gasteiger partial charge in [-0.05, 0) is 20.3 Å². The number of hydrogen-bond donors (Lipinski definition) is 1. The molecule has 2 N–H and O–H groups in total. The summed E-state index contributed by atoms with van der Waals surface area (Å²) in [6, 6.07) is 0. The van der Waals surface area contributed by atoms with Crippen LogP contribution < -0.4 is 5.84 Å². The van der Waals surface area contributed by atoms with Crippen LogP contribution in [0.2, 0.25) is 0 Å². The lowest BCUT2D eigenvalue weighted by Gasteiger charge is -2.10. The zero-order chi connectivity index (χ0) is 8.44. The number of nitrogens with two attached hydrogens (primary N) is 1. The highest BCUT2D eigenvalue weighted by Gasteiger charge is 2.77. The molecule has 1 aliphatic carbocycles. The summed E-state index contributed by atoms with van der Waals surface area (Å²) < 4.78 is 0. The Morgan fingerprint density at radius 2 is 1.64 bits per heavy atom. The highest BCUT2D eigenvalue weighted by atomic mass is 16.2. The fraction of sp³-hybridized carbons (Fsp3) is 0.714. The van der Waals surface area contributed by atoms with E-state index < -0.39 is 10.8 Å². The summed E-state index contributed by atoms with van der Waals surface area (Å²) in [6.07, 6.45) is 0.658. The third-order valence-corrected chi connectivity index (χ3v) is 3.18. The Morgan fingerprint density at radius 1 is 1.27 bits per heavy atom. The maximum atomic E-state index is 11.3. The molecule has 2 fully saturated rings. The van der Waals surface area contributed by atoms with Crippen molar-refractivity contribution in [2.45, 2.75) is 20.3 Å². The van der Waals surface area contributed by atoms with E-state index in [0.717, 1.165) is 5.01 Å². The van der Waals surface area contributed by atoms with E-state index in [0.29, 0.717) is 6.42 Å². The maximum absolute atomic E-state index is 11.3. The molecule has 4 nitrogen and oxygen atoms in total. The number of fused-ring (bicyclic) bond motifs is 1. The number of rotatable bonds is 0. The molecule has 2 rings (SSSR count). The Morgan fingerprint density at radius 3 is 1.82 bits per heavy atom. The van der Waals surface area contributed by atoms with Crippen LogP contribution in [0.4, 0.5) is 0 Å². The molecule has 60 valence electrons. The van der Waals surface area contributed by atoms with Gasteiger partial charge in [-0.25, -0.2) is 10.9 Å². The normalized spacial score (nSPS) is 48.1. The van der Waals surface area contributed by atoms with Crippen molar-refractivity contribution < 1.29 is 9.59 Å². The average molecular weight is 154 g/mol. The lowest BCUT2D eigenvalue weighted by atomic mass is 10.00. The van der Waals surface area contributed by atoms with Gasteiger partial charge in [-0.2, -0.15) is 0 Å². The number of amides is 2. The monoisotopic (exact) mass is 154 g/mol. The van der Waals surface area contributed by atoms with Gasteiger partial charge in [-0.15, -0.1) is 0 Å². The van der Waals surface area contributed by atoms with E-state index in [1.165, 1.54) is 0 Å². The minimum Gasteiger partial charge on any atom is -0.272 e. The van der Waals surface area contributed by atoms with Gasteiger partial charge in [0.2, 0.25) is 0 Å². The molecule has 1 saturated carbocycles. The Bertz CT molecular complexity index is 250. The fourth-order valence-electron chi connectivity index (χ4n) is 1.91. The van der Waals surface area contributed by atoms with Crippen LogP contribution in [0.25, 0.3) is 0 Å². The minimum atomic E-state index is -0.487. The SMILES string of the molecule is CC12CC1(C)C(=O)N(N)C2=O. The highest BCUT2D eigenvalue weighted by molar-refractivity contribution is 6.13. The molecule has 2 amide bonds. The Balaban J connectivity index is 2.49. The lowest BCUT2D eigenvalue weighted by molar-refractivity contribution is -0.143. The van der Waals surface area contributed by atoms with Crippen LogP contribution in [0.1, 0.15) is 20.3 Å². The molecule has 0 aromatic heterocycles. The molecule has 0 radical (unpaired) electrons. The van der Waals surface area contributed by atoms with Crippen molar-refractivity contribution in [1.82, 2.24) is 5.01 Å². The summed E-state index contributed by atoms with van der Waals surface area (Å²) in [4.78, 5) is 22.5. The van der Waals surface area contributed by atoms with E-state index in [2.05, 4.69) is 0 Å². The summed E-state index contributed by atoms with van der Waals surface area (Å²) in [5, 5.41) is 0.753. The van der Waals surface area contributed by atoms with Gasteiger partial charge < -0.3 is 0 Å². The molecule has 2 unspecified atom stereocenters. The lowest BCUT2D eigenvalue weighted by Crippen LogP contribution is -2.41. The van der Waals surface area contributed by atoms with Gasteiger partial charge in [0, 0.05) is 0 Å². The number of nitrogens with zero attached hydrogens (tertiary/aromatic N) is 1. The molecular weight excluding hydrogens is 144 g/mol. The molecule has 1 aliphatic heterocycles. The van der Waals surface area contributed by atoms with Gasteiger partial charge in [0.15, 0.2) is 0 Å². The third-order valence-electron chi connectivity index (χ3n) is 3.18. The maximum Gasteiger partial charge on any atom is 0.250 e. The zero-order valence-corrected chi connectivity index (χ0v) is 6.55. The number of hydrazine groups is 1. The van der Waals surface area contributed by atoms with Crippen LogP contribution in [0.3, 0.4) is 0 Å². The zero-order valence-electron chi connectivity index (χ0n) is 6.55. The van der Waals surface area contributed by atoms with Gasteiger partial charge in [0.25, 0.3) is 11.8 Å². The van der Waals surface area contributed by atoms with Crippen molar-refractivity contribution in [3.8, 4) is 0 Å². The number of hydrogen-bond acceptors (Lipinski definition) is 3. The number of imide groups is 1. The van der Waals surface area contributed by atoms with E-state index in [4.69, 9.17) is 5.84 Å². The van der Waals surface area contributed by atoms with Crippen LogP contribution >= 0.6 is 0 Å². The molecule has 0 aromatic rings. The molecule has 1 heterocycles. The fourth-order valence-corrected chi connectivity index (χ4v) is 1.91. The predicted molar refractivity (Wildman–Crippen MR) is 36.9 cm³/mol. The number of carbonyl (C=O) groups excluding carboxylic acids is 2. The second-order valence-electron chi connectivity index (χ2n) is 3.82. The van der Waals surface area contributed by atoms with Crippen LogP contribution in [0.5, 0.6) is 0 Å². The van der Waals surface area contributed by atoms with Gasteiger partial charge in [0.1, 0.15) is 0 Å².